The van der Waals surface area contributed by atoms with Crippen LogP contribution in [0.3, 0.4) is 0 Å². The Morgan fingerprint density at radius 2 is 1.90 bits per heavy atom. The van der Waals surface area contributed by atoms with Crippen LogP contribution in [-0.2, 0) is 10.0 Å². The molecular weight excluding hydrogens is 295 g/mol. The van der Waals surface area contributed by atoms with Crippen molar-refractivity contribution in [2.75, 3.05) is 19.6 Å². The highest BCUT2D eigenvalue weighted by molar-refractivity contribution is 7.89. The van der Waals surface area contributed by atoms with Crippen LogP contribution in [0.5, 0.6) is 0 Å². The van der Waals surface area contributed by atoms with Gasteiger partial charge in [0.25, 0.3) is 0 Å². The number of nitrogens with one attached hydrogen (secondary N) is 2. The topological polar surface area (TPSA) is 99.3 Å². The van der Waals surface area contributed by atoms with E-state index in [1.54, 1.807) is 0 Å². The van der Waals surface area contributed by atoms with Crippen molar-refractivity contribution in [2.24, 2.45) is 5.73 Å². The van der Waals surface area contributed by atoms with Crippen molar-refractivity contribution in [3.8, 4) is 0 Å². The van der Waals surface area contributed by atoms with Gasteiger partial charge in [-0.1, -0.05) is 0 Å². The molecule has 0 unspecified atom stereocenters. The number of halogens is 1. The predicted octanol–water partition coefficient (Wildman–Crippen LogP) is 0.504. The molecule has 0 bridgehead atoms. The van der Waals surface area contributed by atoms with Gasteiger partial charge in [0.1, 0.15) is 11.7 Å². The lowest BCUT2D eigenvalue weighted by molar-refractivity contribution is 0.231. The molecule has 0 atom stereocenters. The summed E-state index contributed by atoms with van der Waals surface area (Å²) >= 11 is 0. The van der Waals surface area contributed by atoms with Crippen molar-refractivity contribution in [2.45, 2.75) is 23.8 Å². The van der Waals surface area contributed by atoms with Gasteiger partial charge < -0.3 is 5.73 Å². The molecule has 0 amide bonds. The first-order valence-electron chi connectivity index (χ1n) is 6.70. The summed E-state index contributed by atoms with van der Waals surface area (Å²) in [4.78, 5) is 2.08. The van der Waals surface area contributed by atoms with E-state index >= 15 is 0 Å². The molecule has 0 spiro atoms. The van der Waals surface area contributed by atoms with E-state index in [0.717, 1.165) is 12.1 Å². The Bertz CT molecular complexity index is 595. The van der Waals surface area contributed by atoms with Crippen LogP contribution >= 0.6 is 0 Å². The van der Waals surface area contributed by atoms with Gasteiger partial charge in [-0.2, -0.15) is 0 Å². The summed E-state index contributed by atoms with van der Waals surface area (Å²) in [5.74, 6) is -0.355. The van der Waals surface area contributed by atoms with Gasteiger partial charge in [0.2, 0.25) is 10.0 Å². The molecule has 1 saturated heterocycles. The molecule has 8 heteroatoms. The van der Waals surface area contributed by atoms with Crippen molar-refractivity contribution < 1.29 is 12.8 Å². The standard InChI is InChI=1S/C13H19FN4O2S/c14-10-1-3-12(4-2-10)21(19,20)17-11-5-7-18(8-6-11)9-13(15)16/h1-4,11,17H,5-9H2,(H3,15,16). The van der Waals surface area contributed by atoms with Crippen molar-refractivity contribution in [3.05, 3.63) is 30.1 Å². The van der Waals surface area contributed by atoms with E-state index in [-0.39, 0.29) is 16.8 Å². The maximum absolute atomic E-state index is 12.8. The number of sulfonamides is 1. The first-order valence-corrected chi connectivity index (χ1v) is 8.18. The van der Waals surface area contributed by atoms with Crippen LogP contribution in [0, 0.1) is 11.2 Å². The summed E-state index contributed by atoms with van der Waals surface area (Å²) in [5.41, 5.74) is 5.35. The summed E-state index contributed by atoms with van der Waals surface area (Å²) in [7, 11) is -3.62. The van der Waals surface area contributed by atoms with Gasteiger partial charge in [0, 0.05) is 19.1 Å². The Labute approximate surface area is 123 Å². The average Bonchev–Trinajstić information content (AvgIpc) is 2.40. The van der Waals surface area contributed by atoms with E-state index in [1.807, 2.05) is 4.90 Å². The Morgan fingerprint density at radius 1 is 1.33 bits per heavy atom. The molecule has 1 aliphatic heterocycles. The van der Waals surface area contributed by atoms with Crippen molar-refractivity contribution in [3.63, 3.8) is 0 Å². The number of benzene rings is 1. The second-order valence-corrected chi connectivity index (χ2v) is 6.86. The van der Waals surface area contributed by atoms with Crippen molar-refractivity contribution >= 4 is 15.9 Å². The Hall–Kier alpha value is -1.51. The van der Waals surface area contributed by atoms with Gasteiger partial charge in [-0.05, 0) is 37.1 Å². The molecule has 0 saturated carbocycles. The Kier molecular flexibility index (Phi) is 4.92. The monoisotopic (exact) mass is 314 g/mol. The van der Waals surface area contributed by atoms with Crippen LogP contribution < -0.4 is 10.5 Å². The van der Waals surface area contributed by atoms with E-state index in [0.29, 0.717) is 32.5 Å². The average molecular weight is 314 g/mol. The minimum absolute atomic E-state index is 0.0649. The smallest absolute Gasteiger partial charge is 0.240 e. The number of nitrogens with zero attached hydrogens (tertiary/aromatic N) is 1. The molecule has 1 heterocycles. The van der Waals surface area contributed by atoms with Crippen LogP contribution in [-0.4, -0.2) is 44.8 Å². The van der Waals surface area contributed by atoms with E-state index in [1.165, 1.54) is 12.1 Å². The van der Waals surface area contributed by atoms with Gasteiger partial charge in [-0.15, -0.1) is 0 Å². The van der Waals surface area contributed by atoms with Crippen molar-refractivity contribution in [1.82, 2.24) is 9.62 Å². The van der Waals surface area contributed by atoms with Gasteiger partial charge in [-0.3, -0.25) is 10.3 Å². The molecule has 2 rings (SSSR count). The summed E-state index contributed by atoms with van der Waals surface area (Å²) < 4.78 is 39.8. The summed E-state index contributed by atoms with van der Waals surface area (Å²) in [6.45, 7) is 1.80. The largest absolute Gasteiger partial charge is 0.387 e. The minimum Gasteiger partial charge on any atom is -0.387 e. The highest BCUT2D eigenvalue weighted by Gasteiger charge is 2.24. The fourth-order valence-electron chi connectivity index (χ4n) is 2.35. The van der Waals surface area contributed by atoms with Crippen LogP contribution in [0.4, 0.5) is 4.39 Å². The highest BCUT2D eigenvalue weighted by atomic mass is 32.2. The number of hydrogen-bond acceptors (Lipinski definition) is 4. The third-order valence-electron chi connectivity index (χ3n) is 3.43. The number of likely N-dealkylation sites (tertiary alicyclic amines) is 1. The zero-order chi connectivity index (χ0) is 15.5. The van der Waals surface area contributed by atoms with E-state index in [2.05, 4.69) is 4.72 Å². The minimum atomic E-state index is -3.62. The number of piperidine rings is 1. The first kappa shape index (κ1) is 15.9. The lowest BCUT2D eigenvalue weighted by Crippen LogP contribution is -2.46. The predicted molar refractivity (Wildman–Crippen MR) is 78.1 cm³/mol. The molecule has 0 aromatic heterocycles. The second kappa shape index (κ2) is 6.50. The first-order chi connectivity index (χ1) is 9.87. The maximum atomic E-state index is 12.8. The summed E-state index contributed by atoms with van der Waals surface area (Å²) in [5, 5.41) is 7.25. The Morgan fingerprint density at radius 3 is 2.43 bits per heavy atom. The maximum Gasteiger partial charge on any atom is 0.240 e. The van der Waals surface area contributed by atoms with Crippen LogP contribution in [0.1, 0.15) is 12.8 Å². The van der Waals surface area contributed by atoms with Gasteiger partial charge in [0.15, 0.2) is 0 Å². The number of rotatable bonds is 5. The SMILES string of the molecule is N=C(N)CN1CCC(NS(=O)(=O)c2ccc(F)cc2)CC1. The molecule has 0 radical (unpaired) electrons. The van der Waals surface area contributed by atoms with Gasteiger partial charge in [0.05, 0.1) is 11.4 Å². The number of amidine groups is 1. The molecule has 0 aliphatic carbocycles. The third-order valence-corrected chi connectivity index (χ3v) is 4.96. The Balaban J connectivity index is 1.93. The van der Waals surface area contributed by atoms with Crippen LogP contribution in [0.15, 0.2) is 29.2 Å². The fraction of sp³-hybridized carbons (Fsp3) is 0.462. The van der Waals surface area contributed by atoms with Gasteiger partial charge >= 0.3 is 0 Å². The van der Waals surface area contributed by atoms with E-state index < -0.39 is 15.8 Å². The van der Waals surface area contributed by atoms with Crippen LogP contribution in [0.25, 0.3) is 0 Å². The zero-order valence-electron chi connectivity index (χ0n) is 11.5. The molecule has 1 aliphatic rings. The second-order valence-electron chi connectivity index (χ2n) is 5.15. The zero-order valence-corrected chi connectivity index (χ0v) is 12.4. The summed E-state index contributed by atoms with van der Waals surface area (Å²) in [6.07, 6.45) is 1.32. The lowest BCUT2D eigenvalue weighted by atomic mass is 10.1. The van der Waals surface area contributed by atoms with E-state index in [4.69, 9.17) is 11.1 Å². The highest BCUT2D eigenvalue weighted by Crippen LogP contribution is 2.15. The van der Waals surface area contributed by atoms with Crippen LogP contribution in [0.2, 0.25) is 0 Å². The molecule has 1 fully saturated rings. The van der Waals surface area contributed by atoms with Crippen molar-refractivity contribution in [1.29, 1.82) is 5.41 Å². The quantitative estimate of drug-likeness (QED) is 0.544. The lowest BCUT2D eigenvalue weighted by Gasteiger charge is -2.31. The molecule has 4 N–H and O–H groups in total. The molecular formula is C13H19FN4O2S. The van der Waals surface area contributed by atoms with E-state index in [9.17, 15) is 12.8 Å². The third kappa shape index (κ3) is 4.48. The number of nitrogens with two attached hydrogens (primary N) is 1. The number of hydrogen-bond donors (Lipinski definition) is 3. The molecule has 1 aromatic rings. The molecule has 6 nitrogen and oxygen atoms in total. The molecule has 116 valence electrons. The van der Waals surface area contributed by atoms with Gasteiger partial charge in [-0.25, -0.2) is 17.5 Å². The normalized spacial score (nSPS) is 17.8. The molecule has 1 aromatic carbocycles. The molecule has 21 heavy (non-hydrogen) atoms. The summed E-state index contributed by atoms with van der Waals surface area (Å²) in [6, 6.07) is 4.61. The fourth-order valence-corrected chi connectivity index (χ4v) is 3.66.